The Morgan fingerprint density at radius 3 is 2.46 bits per heavy atom. The second-order valence-corrected chi connectivity index (χ2v) is 3.38. The standard InChI is InChI=1S/C10H13F2N/c1-10(6-11,7-13)8-4-2-3-5-9(8)12/h2-5H,6-7,13H2,1H3. The molecule has 0 aliphatic carbocycles. The number of hydrogen-bond donors (Lipinski definition) is 1. The van der Waals surface area contributed by atoms with Crippen LogP contribution in [0.1, 0.15) is 12.5 Å². The average Bonchev–Trinajstić information content (AvgIpc) is 2.17. The molecule has 1 atom stereocenters. The van der Waals surface area contributed by atoms with Crippen molar-refractivity contribution in [3.05, 3.63) is 35.6 Å². The molecule has 3 heteroatoms. The Bertz CT molecular complexity index is 282. The van der Waals surface area contributed by atoms with Crippen LogP contribution in [-0.2, 0) is 5.41 Å². The largest absolute Gasteiger partial charge is 0.329 e. The summed E-state index contributed by atoms with van der Waals surface area (Å²) in [7, 11) is 0. The van der Waals surface area contributed by atoms with Crippen LogP contribution in [0.15, 0.2) is 24.3 Å². The van der Waals surface area contributed by atoms with E-state index >= 15 is 0 Å². The van der Waals surface area contributed by atoms with E-state index in [1.54, 1.807) is 25.1 Å². The molecule has 1 aromatic carbocycles. The molecule has 13 heavy (non-hydrogen) atoms. The van der Waals surface area contributed by atoms with Gasteiger partial charge in [0.25, 0.3) is 0 Å². The van der Waals surface area contributed by atoms with Gasteiger partial charge < -0.3 is 5.73 Å². The molecule has 72 valence electrons. The Balaban J connectivity index is 3.12. The Morgan fingerprint density at radius 1 is 1.38 bits per heavy atom. The van der Waals surface area contributed by atoms with Crippen molar-refractivity contribution in [2.24, 2.45) is 5.73 Å². The molecule has 2 N–H and O–H groups in total. The summed E-state index contributed by atoms with van der Waals surface area (Å²) >= 11 is 0. The van der Waals surface area contributed by atoms with E-state index in [-0.39, 0.29) is 6.54 Å². The number of benzene rings is 1. The van der Waals surface area contributed by atoms with Gasteiger partial charge in [-0.1, -0.05) is 25.1 Å². The van der Waals surface area contributed by atoms with E-state index in [9.17, 15) is 8.78 Å². The third-order valence-electron chi connectivity index (χ3n) is 2.27. The van der Waals surface area contributed by atoms with Gasteiger partial charge in [-0.2, -0.15) is 0 Å². The first-order valence-electron chi connectivity index (χ1n) is 4.15. The number of hydrogen-bond acceptors (Lipinski definition) is 1. The summed E-state index contributed by atoms with van der Waals surface area (Å²) in [5.74, 6) is -0.395. The third kappa shape index (κ3) is 1.86. The molecule has 0 fully saturated rings. The van der Waals surface area contributed by atoms with Crippen LogP contribution in [0, 0.1) is 5.82 Å². The van der Waals surface area contributed by atoms with Crippen molar-refractivity contribution >= 4 is 0 Å². The van der Waals surface area contributed by atoms with Crippen LogP contribution in [0.4, 0.5) is 8.78 Å². The fourth-order valence-corrected chi connectivity index (χ4v) is 1.19. The molecule has 1 nitrogen and oxygen atoms in total. The number of halogens is 2. The summed E-state index contributed by atoms with van der Waals surface area (Å²) in [5.41, 5.74) is 4.86. The summed E-state index contributed by atoms with van der Waals surface area (Å²) in [6, 6.07) is 6.15. The molecule has 0 heterocycles. The first-order valence-corrected chi connectivity index (χ1v) is 4.15. The minimum Gasteiger partial charge on any atom is -0.329 e. The highest BCUT2D eigenvalue weighted by molar-refractivity contribution is 5.26. The van der Waals surface area contributed by atoms with Crippen LogP contribution < -0.4 is 5.73 Å². The summed E-state index contributed by atoms with van der Waals surface area (Å²) < 4.78 is 25.9. The zero-order valence-corrected chi connectivity index (χ0v) is 7.56. The van der Waals surface area contributed by atoms with E-state index in [1.807, 2.05) is 0 Å². The maximum absolute atomic E-state index is 13.2. The van der Waals surface area contributed by atoms with Crippen molar-refractivity contribution in [2.45, 2.75) is 12.3 Å². The van der Waals surface area contributed by atoms with E-state index in [4.69, 9.17) is 5.73 Å². The highest BCUT2D eigenvalue weighted by Crippen LogP contribution is 2.25. The topological polar surface area (TPSA) is 26.0 Å². The Hall–Kier alpha value is -0.960. The highest BCUT2D eigenvalue weighted by atomic mass is 19.1. The molecule has 0 saturated heterocycles. The van der Waals surface area contributed by atoms with Crippen molar-refractivity contribution in [1.29, 1.82) is 0 Å². The van der Waals surface area contributed by atoms with E-state index in [1.165, 1.54) is 6.07 Å². The van der Waals surface area contributed by atoms with E-state index < -0.39 is 17.9 Å². The number of nitrogens with two attached hydrogens (primary N) is 1. The summed E-state index contributed by atoms with van der Waals surface area (Å²) in [5, 5.41) is 0. The Labute approximate surface area is 76.6 Å². The first kappa shape index (κ1) is 10.1. The molecule has 1 unspecified atom stereocenters. The zero-order valence-electron chi connectivity index (χ0n) is 7.56. The predicted molar refractivity (Wildman–Crippen MR) is 48.8 cm³/mol. The average molecular weight is 185 g/mol. The van der Waals surface area contributed by atoms with Gasteiger partial charge in [0.05, 0.1) is 0 Å². The molecule has 0 bridgehead atoms. The quantitative estimate of drug-likeness (QED) is 0.765. The highest BCUT2D eigenvalue weighted by Gasteiger charge is 2.27. The number of alkyl halides is 1. The zero-order chi connectivity index (χ0) is 9.90. The van der Waals surface area contributed by atoms with Crippen molar-refractivity contribution in [3.63, 3.8) is 0 Å². The van der Waals surface area contributed by atoms with Gasteiger partial charge in [0.1, 0.15) is 12.5 Å². The smallest absolute Gasteiger partial charge is 0.127 e. The van der Waals surface area contributed by atoms with Gasteiger partial charge in [-0.3, -0.25) is 4.39 Å². The van der Waals surface area contributed by atoms with Crippen LogP contribution in [0.3, 0.4) is 0 Å². The van der Waals surface area contributed by atoms with Gasteiger partial charge in [-0.15, -0.1) is 0 Å². The molecule has 0 spiro atoms. The first-order chi connectivity index (χ1) is 6.14. The Morgan fingerprint density at radius 2 is 2.00 bits per heavy atom. The molecule has 0 radical (unpaired) electrons. The third-order valence-corrected chi connectivity index (χ3v) is 2.27. The molecule has 0 aliphatic heterocycles. The van der Waals surface area contributed by atoms with Crippen molar-refractivity contribution in [3.8, 4) is 0 Å². The maximum atomic E-state index is 13.2. The van der Waals surface area contributed by atoms with Crippen molar-refractivity contribution in [1.82, 2.24) is 0 Å². The second-order valence-electron chi connectivity index (χ2n) is 3.38. The lowest BCUT2D eigenvalue weighted by Gasteiger charge is -2.25. The molecule has 0 saturated carbocycles. The molecule has 0 amide bonds. The van der Waals surface area contributed by atoms with Gasteiger partial charge in [0, 0.05) is 12.0 Å². The summed E-state index contributed by atoms with van der Waals surface area (Å²) in [6.07, 6.45) is 0. The lowest BCUT2D eigenvalue weighted by atomic mass is 9.83. The molecular formula is C10H13F2N. The maximum Gasteiger partial charge on any atom is 0.127 e. The molecule has 1 aromatic rings. The van der Waals surface area contributed by atoms with Crippen LogP contribution in [-0.4, -0.2) is 13.2 Å². The molecular weight excluding hydrogens is 172 g/mol. The predicted octanol–water partition coefficient (Wildman–Crippen LogP) is 2.01. The molecule has 0 aliphatic rings. The van der Waals surface area contributed by atoms with E-state index in [2.05, 4.69) is 0 Å². The lowest BCUT2D eigenvalue weighted by molar-refractivity contribution is 0.324. The van der Waals surface area contributed by atoms with Crippen LogP contribution >= 0.6 is 0 Å². The van der Waals surface area contributed by atoms with Crippen LogP contribution in [0.25, 0.3) is 0 Å². The van der Waals surface area contributed by atoms with Crippen LogP contribution in [0.2, 0.25) is 0 Å². The van der Waals surface area contributed by atoms with Gasteiger partial charge in [0.15, 0.2) is 0 Å². The SMILES string of the molecule is CC(CN)(CF)c1ccccc1F. The van der Waals surface area contributed by atoms with Gasteiger partial charge >= 0.3 is 0 Å². The monoisotopic (exact) mass is 185 g/mol. The Kier molecular flexibility index (Phi) is 2.98. The second kappa shape index (κ2) is 3.83. The summed E-state index contributed by atoms with van der Waals surface area (Å²) in [4.78, 5) is 0. The fraction of sp³-hybridized carbons (Fsp3) is 0.400. The van der Waals surface area contributed by atoms with E-state index in [0.29, 0.717) is 5.56 Å². The normalized spacial score (nSPS) is 15.4. The van der Waals surface area contributed by atoms with Crippen molar-refractivity contribution in [2.75, 3.05) is 13.2 Å². The number of rotatable bonds is 3. The fourth-order valence-electron chi connectivity index (χ4n) is 1.19. The molecule has 0 aromatic heterocycles. The van der Waals surface area contributed by atoms with Gasteiger partial charge in [-0.25, -0.2) is 4.39 Å². The lowest BCUT2D eigenvalue weighted by Crippen LogP contribution is -2.34. The minimum atomic E-state index is -0.897. The summed E-state index contributed by atoms with van der Waals surface area (Å²) in [6.45, 7) is 1.07. The van der Waals surface area contributed by atoms with Crippen LogP contribution in [0.5, 0.6) is 0 Å². The van der Waals surface area contributed by atoms with Gasteiger partial charge in [-0.05, 0) is 11.6 Å². The van der Waals surface area contributed by atoms with Crippen molar-refractivity contribution < 1.29 is 8.78 Å². The molecule has 1 rings (SSSR count). The van der Waals surface area contributed by atoms with Gasteiger partial charge in [0.2, 0.25) is 0 Å². The minimum absolute atomic E-state index is 0.102. The van der Waals surface area contributed by atoms with E-state index in [0.717, 1.165) is 0 Å².